The zero-order chi connectivity index (χ0) is 15.5. The first-order valence-electron chi connectivity index (χ1n) is 6.95. The molecule has 1 aromatic heterocycles. The number of hydrogen-bond acceptors (Lipinski definition) is 4. The minimum atomic E-state index is -0.766. The smallest absolute Gasteiger partial charge is 0.328 e. The second kappa shape index (κ2) is 5.91. The van der Waals surface area contributed by atoms with Crippen molar-refractivity contribution in [2.75, 3.05) is 0 Å². The molecule has 0 saturated carbocycles. The molecule has 3 rings (SSSR count). The van der Waals surface area contributed by atoms with Crippen molar-refractivity contribution in [2.24, 2.45) is 5.73 Å². The van der Waals surface area contributed by atoms with Crippen LogP contribution >= 0.6 is 0 Å². The van der Waals surface area contributed by atoms with Crippen LogP contribution in [0.1, 0.15) is 5.56 Å². The van der Waals surface area contributed by atoms with Crippen LogP contribution in [0, 0.1) is 0 Å². The lowest BCUT2D eigenvalue weighted by Gasteiger charge is -2.11. The van der Waals surface area contributed by atoms with Crippen molar-refractivity contribution in [3.63, 3.8) is 0 Å². The fourth-order valence-electron chi connectivity index (χ4n) is 2.28. The molecule has 3 aromatic rings. The molecule has 0 amide bonds. The molecular weight excluding hydrogens is 280 g/mol. The molecule has 0 saturated heterocycles. The standard InChI is InChI=1S/C17H16N2O3/c18-14(9-11-5-7-12(20)8-6-11)17(21)22-16-10-19-15-4-2-1-3-13(15)16/h1-8,10,14,19-20H,9,18H2/t14-/m0/s1. The van der Waals surface area contributed by atoms with E-state index in [2.05, 4.69) is 4.98 Å². The van der Waals surface area contributed by atoms with Gasteiger partial charge in [0.05, 0.1) is 0 Å². The number of carbonyl (C=O) groups excluding carboxylic acids is 1. The van der Waals surface area contributed by atoms with Gasteiger partial charge in [-0.2, -0.15) is 0 Å². The number of benzene rings is 2. The topological polar surface area (TPSA) is 88.3 Å². The predicted octanol–water partition coefficient (Wildman–Crippen LogP) is 2.35. The van der Waals surface area contributed by atoms with Crippen LogP contribution in [0.4, 0.5) is 0 Å². The quantitative estimate of drug-likeness (QED) is 0.645. The van der Waals surface area contributed by atoms with Gasteiger partial charge in [-0.25, -0.2) is 4.79 Å². The Bertz CT molecular complexity index is 793. The summed E-state index contributed by atoms with van der Waals surface area (Å²) in [6.45, 7) is 0. The van der Waals surface area contributed by atoms with E-state index in [9.17, 15) is 9.90 Å². The fraction of sp³-hybridized carbons (Fsp3) is 0.118. The predicted molar refractivity (Wildman–Crippen MR) is 83.7 cm³/mol. The average molecular weight is 296 g/mol. The number of para-hydroxylation sites is 1. The van der Waals surface area contributed by atoms with Gasteiger partial charge in [0.25, 0.3) is 0 Å². The summed E-state index contributed by atoms with van der Waals surface area (Å²) < 4.78 is 5.38. The Balaban J connectivity index is 1.69. The highest BCUT2D eigenvalue weighted by Crippen LogP contribution is 2.25. The SMILES string of the molecule is N[C@@H](Cc1ccc(O)cc1)C(=O)Oc1c[nH]c2ccccc12. The lowest BCUT2D eigenvalue weighted by molar-refractivity contribution is -0.135. The largest absolute Gasteiger partial charge is 0.508 e. The van der Waals surface area contributed by atoms with E-state index in [1.807, 2.05) is 24.3 Å². The van der Waals surface area contributed by atoms with Crippen LogP contribution in [0.5, 0.6) is 11.5 Å². The molecular formula is C17H16N2O3. The number of H-pyrrole nitrogens is 1. The number of phenols is 1. The number of hydrogen-bond donors (Lipinski definition) is 3. The van der Waals surface area contributed by atoms with E-state index in [1.54, 1.807) is 30.5 Å². The Morgan fingerprint density at radius 3 is 2.68 bits per heavy atom. The summed E-state index contributed by atoms with van der Waals surface area (Å²) in [5.74, 6) is 0.165. The lowest BCUT2D eigenvalue weighted by Crippen LogP contribution is -2.36. The van der Waals surface area contributed by atoms with Crippen molar-refractivity contribution in [2.45, 2.75) is 12.5 Å². The molecule has 0 aliphatic rings. The van der Waals surface area contributed by atoms with Crippen molar-refractivity contribution in [3.8, 4) is 11.5 Å². The van der Waals surface area contributed by atoms with E-state index in [1.165, 1.54) is 0 Å². The van der Waals surface area contributed by atoms with Crippen LogP contribution in [0.3, 0.4) is 0 Å². The van der Waals surface area contributed by atoms with Crippen molar-refractivity contribution < 1.29 is 14.6 Å². The van der Waals surface area contributed by atoms with Crippen molar-refractivity contribution in [3.05, 3.63) is 60.3 Å². The van der Waals surface area contributed by atoms with Crippen molar-refractivity contribution in [1.29, 1.82) is 0 Å². The summed E-state index contributed by atoms with van der Waals surface area (Å²) in [4.78, 5) is 15.2. The zero-order valence-electron chi connectivity index (χ0n) is 11.8. The van der Waals surface area contributed by atoms with Gasteiger partial charge in [-0.1, -0.05) is 24.3 Å². The molecule has 1 heterocycles. The van der Waals surface area contributed by atoms with Gasteiger partial charge in [-0.05, 0) is 36.2 Å². The van der Waals surface area contributed by atoms with E-state index >= 15 is 0 Å². The number of carbonyl (C=O) groups is 1. The Morgan fingerprint density at radius 2 is 1.91 bits per heavy atom. The molecule has 0 unspecified atom stereocenters. The Labute approximate surface area is 127 Å². The fourth-order valence-corrected chi connectivity index (χ4v) is 2.28. The second-order valence-electron chi connectivity index (χ2n) is 5.10. The number of esters is 1. The van der Waals surface area contributed by atoms with Crippen LogP contribution in [-0.2, 0) is 11.2 Å². The molecule has 5 heteroatoms. The van der Waals surface area contributed by atoms with E-state index in [0.29, 0.717) is 12.2 Å². The Morgan fingerprint density at radius 1 is 1.18 bits per heavy atom. The third-order valence-corrected chi connectivity index (χ3v) is 3.46. The third kappa shape index (κ3) is 2.94. The van der Waals surface area contributed by atoms with E-state index in [4.69, 9.17) is 10.5 Å². The van der Waals surface area contributed by atoms with Gasteiger partial charge in [0.15, 0.2) is 5.75 Å². The molecule has 112 valence electrons. The number of ether oxygens (including phenoxy) is 1. The van der Waals surface area contributed by atoms with Crippen LogP contribution in [0.15, 0.2) is 54.7 Å². The number of aromatic nitrogens is 1. The number of aromatic amines is 1. The molecule has 4 N–H and O–H groups in total. The summed E-state index contributed by atoms with van der Waals surface area (Å²) in [5.41, 5.74) is 7.66. The minimum Gasteiger partial charge on any atom is -0.508 e. The number of nitrogens with one attached hydrogen (secondary N) is 1. The number of rotatable bonds is 4. The maximum absolute atomic E-state index is 12.1. The highest BCUT2D eigenvalue weighted by atomic mass is 16.5. The molecule has 0 radical (unpaired) electrons. The summed E-state index contributed by atoms with van der Waals surface area (Å²) in [6.07, 6.45) is 2.00. The molecule has 0 spiro atoms. The van der Waals surface area contributed by atoms with E-state index < -0.39 is 12.0 Å². The second-order valence-corrected chi connectivity index (χ2v) is 5.10. The third-order valence-electron chi connectivity index (χ3n) is 3.46. The number of fused-ring (bicyclic) bond motifs is 1. The van der Waals surface area contributed by atoms with Gasteiger partial charge in [-0.3, -0.25) is 0 Å². The van der Waals surface area contributed by atoms with Gasteiger partial charge in [0.2, 0.25) is 0 Å². The summed E-state index contributed by atoms with van der Waals surface area (Å²) in [5, 5.41) is 10.1. The van der Waals surface area contributed by atoms with E-state index in [0.717, 1.165) is 16.5 Å². The molecule has 5 nitrogen and oxygen atoms in total. The van der Waals surface area contributed by atoms with Crippen molar-refractivity contribution in [1.82, 2.24) is 4.98 Å². The van der Waals surface area contributed by atoms with Crippen LogP contribution in [0.2, 0.25) is 0 Å². The highest BCUT2D eigenvalue weighted by molar-refractivity contribution is 5.89. The number of nitrogens with two attached hydrogens (primary N) is 1. The first kappa shape index (κ1) is 14.2. The van der Waals surface area contributed by atoms with Gasteiger partial charge in [0.1, 0.15) is 11.8 Å². The maximum atomic E-state index is 12.1. The van der Waals surface area contributed by atoms with Crippen LogP contribution < -0.4 is 10.5 Å². The van der Waals surface area contributed by atoms with E-state index in [-0.39, 0.29) is 5.75 Å². The minimum absolute atomic E-state index is 0.179. The first-order valence-corrected chi connectivity index (χ1v) is 6.95. The van der Waals surface area contributed by atoms with Crippen LogP contribution in [-0.4, -0.2) is 22.1 Å². The maximum Gasteiger partial charge on any atom is 0.328 e. The molecule has 22 heavy (non-hydrogen) atoms. The number of phenolic OH excluding ortho intramolecular Hbond substituents is 1. The number of aromatic hydroxyl groups is 1. The van der Waals surface area contributed by atoms with Gasteiger partial charge < -0.3 is 20.6 Å². The first-order chi connectivity index (χ1) is 10.6. The summed E-state index contributed by atoms with van der Waals surface area (Å²) in [6, 6.07) is 13.4. The Kier molecular flexibility index (Phi) is 3.80. The average Bonchev–Trinajstić information content (AvgIpc) is 2.93. The molecule has 0 fully saturated rings. The monoisotopic (exact) mass is 296 g/mol. The lowest BCUT2D eigenvalue weighted by atomic mass is 10.1. The molecule has 2 aromatic carbocycles. The van der Waals surface area contributed by atoms with Gasteiger partial charge in [-0.15, -0.1) is 0 Å². The summed E-state index contributed by atoms with van der Waals surface area (Å²) >= 11 is 0. The molecule has 0 aliphatic carbocycles. The molecule has 0 aliphatic heterocycles. The highest BCUT2D eigenvalue weighted by Gasteiger charge is 2.18. The van der Waals surface area contributed by atoms with Gasteiger partial charge in [0, 0.05) is 17.1 Å². The normalized spacial score (nSPS) is 12.2. The van der Waals surface area contributed by atoms with Gasteiger partial charge >= 0.3 is 5.97 Å². The Hall–Kier alpha value is -2.79. The molecule has 0 bridgehead atoms. The molecule has 1 atom stereocenters. The van der Waals surface area contributed by atoms with Crippen LogP contribution in [0.25, 0.3) is 10.9 Å². The summed E-state index contributed by atoms with van der Waals surface area (Å²) in [7, 11) is 0. The zero-order valence-corrected chi connectivity index (χ0v) is 11.8. The van der Waals surface area contributed by atoms with Crippen molar-refractivity contribution >= 4 is 16.9 Å².